The maximum Gasteiger partial charge on any atom is 0.256 e. The summed E-state index contributed by atoms with van der Waals surface area (Å²) in [5, 5.41) is 19.5. The molecule has 0 amide bonds. The molecule has 6 heterocycles. The van der Waals surface area contributed by atoms with Crippen LogP contribution in [0.25, 0.3) is 130 Å². The average molecular weight is 1320 g/mol. The number of benzene rings is 13. The van der Waals surface area contributed by atoms with Gasteiger partial charge in [-0.25, -0.2) is 0 Å². The van der Waals surface area contributed by atoms with E-state index in [2.05, 4.69) is 327 Å². The van der Waals surface area contributed by atoms with Crippen molar-refractivity contribution in [2.24, 2.45) is 0 Å². The van der Waals surface area contributed by atoms with Crippen LogP contribution in [0.15, 0.2) is 247 Å². The Kier molecular flexibility index (Phi) is 13.1. The Morgan fingerprint density at radius 3 is 1.68 bits per heavy atom. The van der Waals surface area contributed by atoms with Gasteiger partial charge in [-0.1, -0.05) is 207 Å². The fourth-order valence-corrected chi connectivity index (χ4v) is 17.9. The Morgan fingerprint density at radius 2 is 0.980 bits per heavy atom. The number of ether oxygens (including phenoxy) is 1. The minimum Gasteiger partial charge on any atom is -0.458 e. The quantitative estimate of drug-likeness (QED) is 0.156. The molecule has 0 spiro atoms. The van der Waals surface area contributed by atoms with E-state index in [0.29, 0.717) is 5.56 Å². The van der Waals surface area contributed by atoms with Crippen LogP contribution in [0.1, 0.15) is 95.7 Å². The fourth-order valence-electron chi connectivity index (χ4n) is 16.8. The molecular weight excluding hydrogens is 1250 g/mol. The van der Waals surface area contributed by atoms with E-state index in [1.54, 1.807) is 0 Å². The molecule has 486 valence electrons. The van der Waals surface area contributed by atoms with Crippen molar-refractivity contribution in [2.45, 2.75) is 92.4 Å². The first-order valence-electron chi connectivity index (χ1n) is 35.3. The average Bonchev–Trinajstić information content (AvgIpc) is 1.19. The molecule has 6 nitrogen and oxygen atoms in total. The van der Waals surface area contributed by atoms with Crippen molar-refractivity contribution < 1.29 is 9.15 Å². The molecule has 0 N–H and O–H groups in total. The number of anilines is 3. The van der Waals surface area contributed by atoms with Gasteiger partial charge in [0.1, 0.15) is 22.7 Å². The summed E-state index contributed by atoms with van der Waals surface area (Å²) in [5.74, 6) is 1.60. The lowest BCUT2D eigenvalue weighted by molar-refractivity contribution is 0.487. The second-order valence-corrected chi connectivity index (χ2v) is 32.4. The maximum absolute atomic E-state index is 10.3. The molecule has 0 bridgehead atoms. The highest BCUT2D eigenvalue weighted by Gasteiger charge is 2.44. The van der Waals surface area contributed by atoms with E-state index >= 15 is 0 Å². The van der Waals surface area contributed by atoms with Gasteiger partial charge in [0.05, 0.1) is 39.4 Å². The molecule has 4 aromatic heterocycles. The van der Waals surface area contributed by atoms with Crippen molar-refractivity contribution in [3.63, 3.8) is 0 Å². The molecule has 0 saturated carbocycles. The Morgan fingerprint density at radius 1 is 0.386 bits per heavy atom. The SMILES string of the molecule is Cc1cc(C)cc(-c2cc3sc4ccccc4c3c3c2oc2c(-c4cc5c6c(c4)N(c4ccc(C(C)(C)C)cc4-c4ccccc4)c4cc(-n7c8ccccc8c8cc(C#N)ccc87)ccc4B6c4ccc(-n6c7ccc(C(C)(C)C)cc7c7cc(C(C)(C)C)ccc76)cc4O5)cccc23)c1. The smallest absolute Gasteiger partial charge is 0.256 e. The Balaban J connectivity index is 0.916. The lowest BCUT2D eigenvalue weighted by atomic mass is 9.34. The number of fused-ring (bicyclic) bond motifs is 17. The second kappa shape index (κ2) is 21.8. The van der Waals surface area contributed by atoms with E-state index in [1.807, 2.05) is 23.5 Å². The zero-order valence-corrected chi connectivity index (χ0v) is 59.5. The molecule has 0 radical (unpaired) electrons. The number of hydrogen-bond acceptors (Lipinski definition) is 5. The van der Waals surface area contributed by atoms with Gasteiger partial charge < -0.3 is 23.2 Å². The molecule has 19 rings (SSSR count). The summed E-state index contributed by atoms with van der Waals surface area (Å²) in [6, 6.07) is 92.9. The van der Waals surface area contributed by atoms with Crippen LogP contribution in [-0.2, 0) is 16.2 Å². The Hall–Kier alpha value is -11.4. The lowest BCUT2D eigenvalue weighted by Crippen LogP contribution is -2.59. The number of para-hydroxylation sites is 2. The summed E-state index contributed by atoms with van der Waals surface area (Å²) in [5.41, 5.74) is 27.7. The molecule has 2 aliphatic heterocycles. The minimum absolute atomic E-state index is 0.0446. The first kappa shape index (κ1) is 60.8. The normalized spacial score (nSPS) is 13.1. The molecule has 101 heavy (non-hydrogen) atoms. The van der Waals surface area contributed by atoms with Gasteiger partial charge in [0, 0.05) is 98.0 Å². The van der Waals surface area contributed by atoms with E-state index in [4.69, 9.17) is 9.15 Å². The van der Waals surface area contributed by atoms with Crippen LogP contribution in [0.3, 0.4) is 0 Å². The first-order chi connectivity index (χ1) is 48.7. The number of thiophene rings is 1. The van der Waals surface area contributed by atoms with Crippen LogP contribution in [0.5, 0.6) is 11.5 Å². The molecule has 2 aliphatic rings. The topological polar surface area (TPSA) is 59.3 Å². The van der Waals surface area contributed by atoms with Crippen molar-refractivity contribution >= 4 is 137 Å². The van der Waals surface area contributed by atoms with Gasteiger partial charge in [-0.05, 0) is 183 Å². The molecule has 17 aromatic rings. The highest BCUT2D eigenvalue weighted by Crippen LogP contribution is 2.52. The third kappa shape index (κ3) is 9.36. The van der Waals surface area contributed by atoms with Crippen molar-refractivity contribution in [1.29, 1.82) is 5.26 Å². The number of nitrogens with zero attached hydrogens (tertiary/aromatic N) is 4. The van der Waals surface area contributed by atoms with Gasteiger partial charge in [0.2, 0.25) is 0 Å². The first-order valence-corrected chi connectivity index (χ1v) is 36.1. The zero-order valence-electron chi connectivity index (χ0n) is 58.7. The van der Waals surface area contributed by atoms with Gasteiger partial charge in [-0.3, -0.25) is 0 Å². The third-order valence-corrected chi connectivity index (χ3v) is 22.8. The fraction of sp³-hybridized carbons (Fsp3) is 0.151. The summed E-state index contributed by atoms with van der Waals surface area (Å²) in [7, 11) is 0. The highest BCUT2D eigenvalue weighted by molar-refractivity contribution is 7.26. The standard InChI is InChI=1S/C93H73BN4O2S/c1-53-40-54(2)42-57(41-53)69-51-85-86(66-23-16-18-27-84(66)101-85)87-67-25-19-24-64(89(67)100-90(69)87)58-44-81-88-83(45-58)99-82-50-63(97-78-38-30-60(92(6,7)8)47-71(78)72-48-61(93(9,10)11)31-39-79(72)97)33-35-74(82)94(88)73-34-32-62(96-75-26-17-15-22-65(75)70-43-55(52-95)28-36-77(70)96)49-80(73)98(81)76-37-29-59(91(3,4)5)46-68(76)56-20-13-12-14-21-56/h12-51H,1-11H3. The number of hydrogen-bond donors (Lipinski definition) is 0. The van der Waals surface area contributed by atoms with Crippen LogP contribution in [0, 0.1) is 25.2 Å². The van der Waals surface area contributed by atoms with Crippen LogP contribution in [0.2, 0.25) is 0 Å². The predicted octanol–water partition coefficient (Wildman–Crippen LogP) is 23.9. The zero-order chi connectivity index (χ0) is 68.9. The van der Waals surface area contributed by atoms with Crippen LogP contribution < -0.4 is 26.0 Å². The Bertz CT molecular complexity index is 6400. The molecule has 0 atom stereocenters. The highest BCUT2D eigenvalue weighted by atomic mass is 32.1. The molecule has 8 heteroatoms. The summed E-state index contributed by atoms with van der Waals surface area (Å²) in [6.07, 6.45) is 0. The maximum atomic E-state index is 10.3. The number of nitriles is 1. The summed E-state index contributed by atoms with van der Waals surface area (Å²) >= 11 is 1.85. The van der Waals surface area contributed by atoms with Crippen molar-refractivity contribution in [3.05, 3.63) is 276 Å². The van der Waals surface area contributed by atoms with E-state index in [1.165, 1.54) is 58.8 Å². The Labute approximate surface area is 592 Å². The van der Waals surface area contributed by atoms with Crippen LogP contribution >= 0.6 is 11.3 Å². The number of furan rings is 1. The van der Waals surface area contributed by atoms with Gasteiger partial charge in [-0.15, -0.1) is 11.3 Å². The minimum atomic E-state index is -0.262. The molecule has 0 aliphatic carbocycles. The van der Waals surface area contributed by atoms with Gasteiger partial charge in [0.15, 0.2) is 0 Å². The van der Waals surface area contributed by atoms with Crippen molar-refractivity contribution in [3.8, 4) is 62.3 Å². The lowest BCUT2D eigenvalue weighted by Gasteiger charge is -2.41. The number of rotatable bonds is 6. The molecular formula is C93H73BN4O2S. The van der Waals surface area contributed by atoms with Gasteiger partial charge in [0.25, 0.3) is 6.71 Å². The van der Waals surface area contributed by atoms with Gasteiger partial charge >= 0.3 is 0 Å². The summed E-state index contributed by atoms with van der Waals surface area (Å²) in [4.78, 5) is 2.55. The van der Waals surface area contributed by atoms with Crippen LogP contribution in [0.4, 0.5) is 17.1 Å². The molecule has 0 fully saturated rings. The summed E-state index contributed by atoms with van der Waals surface area (Å²) < 4.78 is 22.8. The molecule has 13 aromatic carbocycles. The third-order valence-electron chi connectivity index (χ3n) is 21.7. The van der Waals surface area contributed by atoms with E-state index in [-0.39, 0.29) is 23.0 Å². The predicted molar refractivity (Wildman–Crippen MR) is 428 cm³/mol. The van der Waals surface area contributed by atoms with E-state index < -0.39 is 0 Å². The van der Waals surface area contributed by atoms with E-state index in [9.17, 15) is 5.26 Å². The largest absolute Gasteiger partial charge is 0.458 e. The van der Waals surface area contributed by atoms with Crippen molar-refractivity contribution in [1.82, 2.24) is 9.13 Å². The summed E-state index contributed by atoms with van der Waals surface area (Å²) in [6.45, 7) is 24.8. The van der Waals surface area contributed by atoms with E-state index in [0.717, 1.165) is 144 Å². The molecule has 0 saturated heterocycles. The second-order valence-electron chi connectivity index (χ2n) is 31.3. The molecule has 0 unspecified atom stereocenters. The van der Waals surface area contributed by atoms with Crippen LogP contribution in [-0.4, -0.2) is 15.8 Å². The monoisotopic (exact) mass is 1320 g/mol. The van der Waals surface area contributed by atoms with Gasteiger partial charge in [-0.2, -0.15) is 5.26 Å². The number of aromatic nitrogens is 2. The number of aryl methyl sites for hydroxylation is 2. The van der Waals surface area contributed by atoms with Crippen molar-refractivity contribution in [2.75, 3.05) is 4.90 Å².